The summed E-state index contributed by atoms with van der Waals surface area (Å²) in [7, 11) is 0. The van der Waals surface area contributed by atoms with Crippen LogP contribution in [0.2, 0.25) is 0 Å². The summed E-state index contributed by atoms with van der Waals surface area (Å²) in [5.74, 6) is 2.46. The minimum atomic E-state index is 0.271. The number of aromatic nitrogens is 2. The fourth-order valence-corrected chi connectivity index (χ4v) is 1.95. The van der Waals surface area contributed by atoms with E-state index in [9.17, 15) is 0 Å². The number of rotatable bonds is 5. The number of nitrogens with two attached hydrogens (primary N) is 1. The monoisotopic (exact) mass is 270 g/mol. The maximum absolute atomic E-state index is 5.95. The van der Waals surface area contributed by atoms with Gasteiger partial charge in [-0.15, -0.1) is 0 Å². The molecule has 0 aliphatic carbocycles. The molecule has 4 nitrogen and oxygen atoms in total. The van der Waals surface area contributed by atoms with E-state index in [-0.39, 0.29) is 5.92 Å². The molecule has 0 fully saturated rings. The summed E-state index contributed by atoms with van der Waals surface area (Å²) in [4.78, 5) is 8.89. The van der Waals surface area contributed by atoms with E-state index in [0.717, 1.165) is 30.2 Å². The van der Waals surface area contributed by atoms with Crippen molar-refractivity contribution in [2.45, 2.75) is 33.1 Å². The molecule has 1 aromatic heterocycles. The zero-order valence-corrected chi connectivity index (χ0v) is 12.4. The Morgan fingerprint density at radius 1 is 1.15 bits per heavy atom. The molecule has 20 heavy (non-hydrogen) atoms. The molecule has 0 spiro atoms. The molecule has 0 saturated heterocycles. The molecule has 2 aromatic rings. The predicted molar refractivity (Wildman–Crippen MR) is 83.9 cm³/mol. The van der Waals surface area contributed by atoms with E-state index in [1.165, 1.54) is 5.56 Å². The van der Waals surface area contributed by atoms with Gasteiger partial charge in [0.1, 0.15) is 17.5 Å². The summed E-state index contributed by atoms with van der Waals surface area (Å²) >= 11 is 0. The van der Waals surface area contributed by atoms with E-state index in [2.05, 4.69) is 53.4 Å². The average Bonchev–Trinajstić information content (AvgIpc) is 2.44. The second kappa shape index (κ2) is 6.37. The predicted octanol–water partition coefficient (Wildman–Crippen LogP) is 3.15. The lowest BCUT2D eigenvalue weighted by atomic mass is 10.1. The standard InChI is InChI=1S/C16H22N4/c1-11(2)15-19-14(17)12(3)16(20-15)18-10-9-13-7-5-4-6-8-13/h4-8,11H,9-10H2,1-3H3,(H3,17,18,19,20). The van der Waals surface area contributed by atoms with Gasteiger partial charge in [0.05, 0.1) is 0 Å². The van der Waals surface area contributed by atoms with Crippen LogP contribution in [0.1, 0.15) is 36.7 Å². The summed E-state index contributed by atoms with van der Waals surface area (Å²) in [5.41, 5.74) is 8.18. The minimum Gasteiger partial charge on any atom is -0.383 e. The molecule has 106 valence electrons. The Kier molecular flexibility index (Phi) is 4.56. The summed E-state index contributed by atoms with van der Waals surface area (Å²) in [5, 5.41) is 3.37. The summed E-state index contributed by atoms with van der Waals surface area (Å²) in [6.45, 7) is 6.92. The van der Waals surface area contributed by atoms with Crippen LogP contribution in [0, 0.1) is 6.92 Å². The van der Waals surface area contributed by atoms with E-state index in [1.807, 2.05) is 13.0 Å². The molecule has 0 radical (unpaired) electrons. The summed E-state index contributed by atoms with van der Waals surface area (Å²) in [6.07, 6.45) is 0.960. The van der Waals surface area contributed by atoms with Gasteiger partial charge in [-0.3, -0.25) is 0 Å². The number of hydrogen-bond donors (Lipinski definition) is 2. The molecular weight excluding hydrogens is 248 g/mol. The first-order valence-corrected chi connectivity index (χ1v) is 6.99. The van der Waals surface area contributed by atoms with E-state index in [4.69, 9.17) is 5.73 Å². The molecular formula is C16H22N4. The maximum Gasteiger partial charge on any atom is 0.135 e. The van der Waals surface area contributed by atoms with Crippen molar-refractivity contribution in [3.05, 3.63) is 47.3 Å². The van der Waals surface area contributed by atoms with Gasteiger partial charge < -0.3 is 11.1 Å². The molecule has 0 amide bonds. The Balaban J connectivity index is 2.05. The van der Waals surface area contributed by atoms with Gasteiger partial charge in [0.15, 0.2) is 0 Å². The van der Waals surface area contributed by atoms with Crippen LogP contribution >= 0.6 is 0 Å². The Morgan fingerprint density at radius 2 is 1.85 bits per heavy atom. The Hall–Kier alpha value is -2.10. The van der Waals surface area contributed by atoms with E-state index in [1.54, 1.807) is 0 Å². The van der Waals surface area contributed by atoms with Crippen LogP contribution in [0.4, 0.5) is 11.6 Å². The molecule has 3 N–H and O–H groups in total. The molecule has 1 aromatic carbocycles. The fourth-order valence-electron chi connectivity index (χ4n) is 1.95. The number of nitrogen functional groups attached to an aromatic ring is 1. The second-order valence-corrected chi connectivity index (χ2v) is 5.26. The van der Waals surface area contributed by atoms with Gasteiger partial charge >= 0.3 is 0 Å². The van der Waals surface area contributed by atoms with Crippen molar-refractivity contribution in [3.8, 4) is 0 Å². The van der Waals surface area contributed by atoms with Crippen molar-refractivity contribution >= 4 is 11.6 Å². The van der Waals surface area contributed by atoms with Crippen molar-refractivity contribution in [2.75, 3.05) is 17.6 Å². The first-order chi connectivity index (χ1) is 9.58. The van der Waals surface area contributed by atoms with Crippen LogP contribution in [0.5, 0.6) is 0 Å². The highest BCUT2D eigenvalue weighted by molar-refractivity contribution is 5.55. The fraction of sp³-hybridized carbons (Fsp3) is 0.375. The molecule has 1 heterocycles. The van der Waals surface area contributed by atoms with Crippen molar-refractivity contribution < 1.29 is 0 Å². The quantitative estimate of drug-likeness (QED) is 0.876. The second-order valence-electron chi connectivity index (χ2n) is 5.26. The average molecular weight is 270 g/mol. The highest BCUT2D eigenvalue weighted by Crippen LogP contribution is 2.20. The zero-order chi connectivity index (χ0) is 14.5. The molecule has 2 rings (SSSR count). The molecule has 0 atom stereocenters. The van der Waals surface area contributed by atoms with E-state index < -0.39 is 0 Å². The molecule has 0 unspecified atom stereocenters. The highest BCUT2D eigenvalue weighted by Gasteiger charge is 2.10. The molecule has 0 bridgehead atoms. The summed E-state index contributed by atoms with van der Waals surface area (Å²) in [6, 6.07) is 10.4. The van der Waals surface area contributed by atoms with Crippen molar-refractivity contribution in [1.29, 1.82) is 0 Å². The van der Waals surface area contributed by atoms with Gasteiger partial charge in [0.2, 0.25) is 0 Å². The Bertz CT molecular complexity index is 564. The van der Waals surface area contributed by atoms with Crippen molar-refractivity contribution in [2.24, 2.45) is 0 Å². The summed E-state index contributed by atoms with van der Waals surface area (Å²) < 4.78 is 0. The molecule has 0 aliphatic heterocycles. The maximum atomic E-state index is 5.95. The first kappa shape index (κ1) is 14.3. The molecule has 0 aliphatic rings. The molecule has 0 saturated carbocycles. The van der Waals surface area contributed by atoms with Crippen molar-refractivity contribution in [3.63, 3.8) is 0 Å². The normalized spacial score (nSPS) is 10.8. The van der Waals surface area contributed by atoms with Crippen LogP contribution in [-0.4, -0.2) is 16.5 Å². The van der Waals surface area contributed by atoms with Crippen molar-refractivity contribution in [1.82, 2.24) is 9.97 Å². The van der Waals surface area contributed by atoms with E-state index >= 15 is 0 Å². The van der Waals surface area contributed by atoms with Gasteiger partial charge in [0, 0.05) is 18.0 Å². The van der Waals surface area contributed by atoms with Gasteiger partial charge in [-0.25, -0.2) is 9.97 Å². The highest BCUT2D eigenvalue weighted by atomic mass is 15.1. The number of anilines is 2. The lowest BCUT2D eigenvalue weighted by molar-refractivity contribution is 0.774. The number of hydrogen-bond acceptors (Lipinski definition) is 4. The van der Waals surface area contributed by atoms with Crippen LogP contribution < -0.4 is 11.1 Å². The largest absolute Gasteiger partial charge is 0.383 e. The first-order valence-electron chi connectivity index (χ1n) is 6.99. The van der Waals surface area contributed by atoms with Gasteiger partial charge in [-0.2, -0.15) is 0 Å². The Morgan fingerprint density at radius 3 is 2.50 bits per heavy atom. The van der Waals surface area contributed by atoms with Crippen LogP contribution in [-0.2, 0) is 6.42 Å². The topological polar surface area (TPSA) is 63.8 Å². The third-order valence-electron chi connectivity index (χ3n) is 3.27. The molecule has 4 heteroatoms. The van der Waals surface area contributed by atoms with Gasteiger partial charge in [-0.05, 0) is 18.9 Å². The van der Waals surface area contributed by atoms with Gasteiger partial charge in [0.25, 0.3) is 0 Å². The minimum absolute atomic E-state index is 0.271. The lowest BCUT2D eigenvalue weighted by Gasteiger charge is -2.13. The third kappa shape index (κ3) is 3.47. The number of benzene rings is 1. The van der Waals surface area contributed by atoms with Crippen LogP contribution in [0.25, 0.3) is 0 Å². The Labute approximate surface area is 120 Å². The number of nitrogens with one attached hydrogen (secondary N) is 1. The third-order valence-corrected chi connectivity index (χ3v) is 3.27. The van der Waals surface area contributed by atoms with Gasteiger partial charge in [-0.1, -0.05) is 44.2 Å². The zero-order valence-electron chi connectivity index (χ0n) is 12.4. The van der Waals surface area contributed by atoms with Crippen LogP contribution in [0.15, 0.2) is 30.3 Å². The lowest BCUT2D eigenvalue weighted by Crippen LogP contribution is -2.12. The number of nitrogens with zero attached hydrogens (tertiary/aromatic N) is 2. The SMILES string of the molecule is Cc1c(N)nc(C(C)C)nc1NCCc1ccccc1. The van der Waals surface area contributed by atoms with E-state index in [0.29, 0.717) is 5.82 Å². The van der Waals surface area contributed by atoms with Crippen LogP contribution in [0.3, 0.4) is 0 Å². The smallest absolute Gasteiger partial charge is 0.135 e.